The zero-order chi connectivity index (χ0) is 13.3. The van der Waals surface area contributed by atoms with Crippen LogP contribution in [0.2, 0.25) is 0 Å². The largest absolute Gasteiger partial charge is 0.444 e. The third kappa shape index (κ3) is 2.85. The van der Waals surface area contributed by atoms with Gasteiger partial charge in [0, 0.05) is 12.5 Å². The Morgan fingerprint density at radius 1 is 1.33 bits per heavy atom. The van der Waals surface area contributed by atoms with Crippen molar-refractivity contribution < 1.29 is 14.3 Å². The highest BCUT2D eigenvalue weighted by Crippen LogP contribution is 2.49. The summed E-state index contributed by atoms with van der Waals surface area (Å²) >= 11 is 0. The van der Waals surface area contributed by atoms with Crippen LogP contribution in [-0.2, 0) is 9.53 Å². The van der Waals surface area contributed by atoms with Gasteiger partial charge in [0.05, 0.1) is 0 Å². The fourth-order valence-corrected chi connectivity index (χ4v) is 3.53. The summed E-state index contributed by atoms with van der Waals surface area (Å²) in [6, 6.07) is 0.129. The lowest BCUT2D eigenvalue weighted by Gasteiger charge is -2.31. The lowest BCUT2D eigenvalue weighted by atomic mass is 9.83. The molecule has 2 saturated carbocycles. The number of hydrogen-bond donors (Lipinski definition) is 1. The van der Waals surface area contributed by atoms with E-state index in [2.05, 4.69) is 5.32 Å². The molecule has 0 aromatic carbocycles. The van der Waals surface area contributed by atoms with Crippen LogP contribution < -0.4 is 5.32 Å². The van der Waals surface area contributed by atoms with Crippen LogP contribution in [0.15, 0.2) is 0 Å². The van der Waals surface area contributed by atoms with E-state index in [1.54, 1.807) is 0 Å². The van der Waals surface area contributed by atoms with Crippen molar-refractivity contribution >= 4 is 12.4 Å². The van der Waals surface area contributed by atoms with E-state index in [1.807, 2.05) is 20.8 Å². The maximum Gasteiger partial charge on any atom is 0.407 e. The van der Waals surface area contributed by atoms with Crippen molar-refractivity contribution in [3.05, 3.63) is 0 Å². The van der Waals surface area contributed by atoms with E-state index < -0.39 is 5.60 Å². The number of aldehydes is 1. The molecule has 2 rings (SSSR count). The van der Waals surface area contributed by atoms with Crippen LogP contribution in [0.4, 0.5) is 4.79 Å². The molecule has 4 nitrogen and oxygen atoms in total. The third-order valence-electron chi connectivity index (χ3n) is 4.14. The van der Waals surface area contributed by atoms with Crippen LogP contribution in [0.1, 0.15) is 46.5 Å². The van der Waals surface area contributed by atoms with Crippen molar-refractivity contribution in [1.82, 2.24) is 5.32 Å². The molecule has 1 N–H and O–H groups in total. The number of alkyl carbamates (subject to hydrolysis) is 1. The summed E-state index contributed by atoms with van der Waals surface area (Å²) in [7, 11) is 0. The van der Waals surface area contributed by atoms with E-state index in [-0.39, 0.29) is 12.1 Å². The third-order valence-corrected chi connectivity index (χ3v) is 4.14. The number of fused-ring (bicyclic) bond motifs is 2. The predicted molar refractivity (Wildman–Crippen MR) is 68.2 cm³/mol. The molecule has 4 unspecified atom stereocenters. The minimum absolute atomic E-state index is 0.129. The minimum atomic E-state index is -0.470. The van der Waals surface area contributed by atoms with Crippen molar-refractivity contribution in [3.8, 4) is 0 Å². The highest BCUT2D eigenvalue weighted by molar-refractivity contribution is 5.68. The summed E-state index contributed by atoms with van der Waals surface area (Å²) < 4.78 is 5.30. The van der Waals surface area contributed by atoms with Crippen molar-refractivity contribution in [2.75, 3.05) is 0 Å². The van der Waals surface area contributed by atoms with Crippen LogP contribution in [-0.4, -0.2) is 24.0 Å². The molecule has 0 aromatic rings. The first-order valence-electron chi connectivity index (χ1n) is 6.84. The van der Waals surface area contributed by atoms with Crippen LogP contribution in [0.5, 0.6) is 0 Å². The molecule has 0 saturated heterocycles. The van der Waals surface area contributed by atoms with Crippen LogP contribution in [0.25, 0.3) is 0 Å². The fraction of sp³-hybridized carbons (Fsp3) is 0.857. The molecule has 0 aliphatic heterocycles. The Kier molecular flexibility index (Phi) is 3.64. The number of carbonyl (C=O) groups is 2. The standard InChI is InChI=1S/C14H23NO3/c1-14(2,3)18-13(17)15-12-10-5-4-9(8-10)11(12)6-7-16/h7,9-12H,4-6,8H2,1-3H3,(H,15,17). The van der Waals surface area contributed by atoms with Crippen molar-refractivity contribution in [2.45, 2.75) is 58.1 Å². The summed E-state index contributed by atoms with van der Waals surface area (Å²) in [6.45, 7) is 5.57. The second kappa shape index (κ2) is 4.90. The zero-order valence-corrected chi connectivity index (χ0v) is 11.4. The van der Waals surface area contributed by atoms with Gasteiger partial charge in [0.25, 0.3) is 0 Å². The predicted octanol–water partition coefficient (Wildman–Crippen LogP) is 2.51. The molecule has 2 bridgehead atoms. The molecule has 18 heavy (non-hydrogen) atoms. The van der Waals surface area contributed by atoms with Gasteiger partial charge in [-0.2, -0.15) is 0 Å². The average molecular weight is 253 g/mol. The van der Waals surface area contributed by atoms with E-state index >= 15 is 0 Å². The SMILES string of the molecule is CC(C)(C)OC(=O)NC1C2CCC(C2)C1CC=O. The smallest absolute Gasteiger partial charge is 0.407 e. The van der Waals surface area contributed by atoms with Gasteiger partial charge in [-0.3, -0.25) is 0 Å². The van der Waals surface area contributed by atoms with E-state index in [0.717, 1.165) is 12.7 Å². The van der Waals surface area contributed by atoms with Gasteiger partial charge in [-0.25, -0.2) is 4.79 Å². The zero-order valence-electron chi connectivity index (χ0n) is 11.4. The number of amides is 1. The molecule has 0 spiro atoms. The first-order chi connectivity index (χ1) is 8.40. The van der Waals surface area contributed by atoms with E-state index in [9.17, 15) is 9.59 Å². The topological polar surface area (TPSA) is 55.4 Å². The van der Waals surface area contributed by atoms with Crippen LogP contribution in [0, 0.1) is 17.8 Å². The molecule has 4 heteroatoms. The molecule has 0 heterocycles. The summed E-state index contributed by atoms with van der Waals surface area (Å²) in [5.41, 5.74) is -0.470. The summed E-state index contributed by atoms with van der Waals surface area (Å²) in [5.74, 6) is 1.46. The fourth-order valence-electron chi connectivity index (χ4n) is 3.53. The summed E-state index contributed by atoms with van der Waals surface area (Å²) in [5, 5.41) is 2.98. The second-order valence-electron chi connectivity index (χ2n) is 6.57. The molecular weight excluding hydrogens is 230 g/mol. The summed E-state index contributed by atoms with van der Waals surface area (Å²) in [4.78, 5) is 22.6. The Morgan fingerprint density at radius 3 is 2.61 bits per heavy atom. The molecule has 4 atom stereocenters. The first kappa shape index (κ1) is 13.4. The molecule has 0 radical (unpaired) electrons. The van der Waals surface area contributed by atoms with Gasteiger partial charge >= 0.3 is 6.09 Å². The van der Waals surface area contributed by atoms with E-state index in [4.69, 9.17) is 4.74 Å². The van der Waals surface area contributed by atoms with E-state index in [1.165, 1.54) is 12.8 Å². The number of rotatable bonds is 3. The molecule has 2 aliphatic rings. The van der Waals surface area contributed by atoms with Crippen molar-refractivity contribution in [2.24, 2.45) is 17.8 Å². The van der Waals surface area contributed by atoms with Gasteiger partial charge in [0.2, 0.25) is 0 Å². The van der Waals surface area contributed by atoms with Gasteiger partial charge in [0.1, 0.15) is 11.9 Å². The average Bonchev–Trinajstić information content (AvgIpc) is 2.78. The van der Waals surface area contributed by atoms with Crippen molar-refractivity contribution in [3.63, 3.8) is 0 Å². The van der Waals surface area contributed by atoms with Gasteiger partial charge in [0.15, 0.2) is 0 Å². The van der Waals surface area contributed by atoms with Gasteiger partial charge in [-0.1, -0.05) is 0 Å². The second-order valence-corrected chi connectivity index (χ2v) is 6.57. The normalized spacial score (nSPS) is 34.4. The highest BCUT2D eigenvalue weighted by Gasteiger charge is 2.48. The lowest BCUT2D eigenvalue weighted by Crippen LogP contribution is -2.46. The van der Waals surface area contributed by atoms with Crippen LogP contribution >= 0.6 is 0 Å². The Labute approximate surface area is 108 Å². The van der Waals surface area contributed by atoms with Crippen LogP contribution in [0.3, 0.4) is 0 Å². The number of hydrogen-bond acceptors (Lipinski definition) is 3. The van der Waals surface area contributed by atoms with Gasteiger partial charge < -0.3 is 14.8 Å². The Hall–Kier alpha value is -1.06. The number of carbonyl (C=O) groups excluding carboxylic acids is 2. The molecule has 1 amide bonds. The van der Waals surface area contributed by atoms with Crippen molar-refractivity contribution in [1.29, 1.82) is 0 Å². The summed E-state index contributed by atoms with van der Waals surface area (Å²) in [6.07, 6.45) is 4.71. The lowest BCUT2D eigenvalue weighted by molar-refractivity contribution is -0.109. The van der Waals surface area contributed by atoms with Gasteiger partial charge in [-0.05, 0) is 57.8 Å². The monoisotopic (exact) mass is 253 g/mol. The molecule has 102 valence electrons. The molecular formula is C14H23NO3. The Bertz CT molecular complexity index is 334. The Morgan fingerprint density at radius 2 is 2.00 bits per heavy atom. The number of nitrogens with one attached hydrogen (secondary N) is 1. The van der Waals surface area contributed by atoms with E-state index in [0.29, 0.717) is 24.2 Å². The number of ether oxygens (including phenoxy) is 1. The molecule has 0 aromatic heterocycles. The quantitative estimate of drug-likeness (QED) is 0.786. The van der Waals surface area contributed by atoms with Gasteiger partial charge in [-0.15, -0.1) is 0 Å². The maximum atomic E-state index is 11.8. The maximum absolute atomic E-state index is 11.8. The highest BCUT2D eigenvalue weighted by atomic mass is 16.6. The molecule has 2 aliphatic carbocycles. The Balaban J connectivity index is 1.95. The molecule has 2 fully saturated rings. The minimum Gasteiger partial charge on any atom is -0.444 e. The first-order valence-corrected chi connectivity index (χ1v) is 6.84.